The van der Waals surface area contributed by atoms with Crippen molar-refractivity contribution in [2.24, 2.45) is 5.92 Å². The third-order valence-corrected chi connectivity index (χ3v) is 5.78. The quantitative estimate of drug-likeness (QED) is 0.763. The molecule has 3 aliphatic carbocycles. The molecular weight excluding hydrogens is 266 g/mol. The van der Waals surface area contributed by atoms with E-state index < -0.39 is 17.7 Å². The summed E-state index contributed by atoms with van der Waals surface area (Å²) in [5.74, 6) is 0.0319. The topological polar surface area (TPSA) is 69.6 Å². The molecule has 0 heterocycles. The van der Waals surface area contributed by atoms with Crippen LogP contribution in [0.15, 0.2) is 24.3 Å². The molecule has 0 spiro atoms. The molecule has 3 N–H and O–H groups in total. The number of carbonyl (C=O) groups is 1. The summed E-state index contributed by atoms with van der Waals surface area (Å²) >= 11 is 0. The van der Waals surface area contributed by atoms with Gasteiger partial charge in [0.05, 0.1) is 17.6 Å². The largest absolute Gasteiger partial charge is 0.390 e. The van der Waals surface area contributed by atoms with E-state index in [0.717, 1.165) is 31.2 Å². The van der Waals surface area contributed by atoms with Gasteiger partial charge >= 0.3 is 0 Å². The molecule has 21 heavy (non-hydrogen) atoms. The van der Waals surface area contributed by atoms with E-state index in [0.29, 0.717) is 6.42 Å². The first-order valence-electron chi connectivity index (χ1n) is 7.87. The monoisotopic (exact) mass is 287 g/mol. The highest BCUT2D eigenvalue weighted by atomic mass is 16.3. The maximum atomic E-state index is 12.7. The summed E-state index contributed by atoms with van der Waals surface area (Å²) < 4.78 is 0. The Bertz CT molecular complexity index is 587. The summed E-state index contributed by atoms with van der Waals surface area (Å²) in [5, 5.41) is 23.3. The summed E-state index contributed by atoms with van der Waals surface area (Å²) in [6.07, 6.45) is 2.63. The molecule has 2 fully saturated rings. The molecule has 3 unspecified atom stereocenters. The molecular formula is C17H21NO3. The van der Waals surface area contributed by atoms with Crippen LogP contribution in [0.4, 0.5) is 0 Å². The molecule has 0 aliphatic heterocycles. The second-order valence-corrected chi connectivity index (χ2v) is 6.87. The second kappa shape index (κ2) is 4.55. The molecule has 0 saturated heterocycles. The van der Waals surface area contributed by atoms with Crippen LogP contribution in [0.1, 0.15) is 42.7 Å². The van der Waals surface area contributed by atoms with Gasteiger partial charge < -0.3 is 15.5 Å². The van der Waals surface area contributed by atoms with E-state index in [1.807, 2.05) is 18.2 Å². The van der Waals surface area contributed by atoms with Gasteiger partial charge in [-0.3, -0.25) is 4.79 Å². The average molecular weight is 287 g/mol. The Morgan fingerprint density at radius 1 is 1.24 bits per heavy atom. The Kier molecular flexibility index (Phi) is 2.88. The number of nitrogens with one attached hydrogen (secondary N) is 1. The normalized spacial score (nSPS) is 40.3. The van der Waals surface area contributed by atoms with Crippen molar-refractivity contribution >= 4 is 5.91 Å². The molecule has 2 bridgehead atoms. The summed E-state index contributed by atoms with van der Waals surface area (Å²) in [5.41, 5.74) is 1.78. The Morgan fingerprint density at radius 2 is 2.05 bits per heavy atom. The highest BCUT2D eigenvalue weighted by Crippen LogP contribution is 2.48. The minimum absolute atomic E-state index is 0.00810. The first-order chi connectivity index (χ1) is 10.1. The van der Waals surface area contributed by atoms with E-state index in [2.05, 4.69) is 11.4 Å². The third kappa shape index (κ3) is 1.86. The second-order valence-electron chi connectivity index (χ2n) is 6.87. The number of benzene rings is 1. The maximum Gasteiger partial charge on any atom is 0.228 e. The van der Waals surface area contributed by atoms with Crippen LogP contribution in [-0.2, 0) is 11.2 Å². The number of rotatable bonds is 2. The fourth-order valence-electron chi connectivity index (χ4n) is 4.61. The predicted molar refractivity (Wildman–Crippen MR) is 77.7 cm³/mol. The molecule has 4 rings (SSSR count). The highest BCUT2D eigenvalue weighted by molar-refractivity contribution is 5.85. The zero-order valence-corrected chi connectivity index (χ0v) is 12.0. The molecule has 5 atom stereocenters. The molecule has 112 valence electrons. The first-order valence-corrected chi connectivity index (χ1v) is 7.87. The Balaban J connectivity index is 1.55. The number of aryl methyl sites for hydroxylation is 1. The highest BCUT2D eigenvalue weighted by Gasteiger charge is 2.58. The van der Waals surface area contributed by atoms with Crippen molar-refractivity contribution in [3.8, 4) is 0 Å². The van der Waals surface area contributed by atoms with Gasteiger partial charge in [-0.1, -0.05) is 24.3 Å². The van der Waals surface area contributed by atoms with Crippen LogP contribution in [0.3, 0.4) is 0 Å². The van der Waals surface area contributed by atoms with Gasteiger partial charge in [0, 0.05) is 0 Å². The molecule has 2 saturated carbocycles. The average Bonchev–Trinajstić information content (AvgIpc) is 3.14. The summed E-state index contributed by atoms with van der Waals surface area (Å²) in [7, 11) is 0. The van der Waals surface area contributed by atoms with E-state index in [1.165, 1.54) is 5.56 Å². The minimum Gasteiger partial charge on any atom is -0.390 e. The number of hydrogen-bond donors (Lipinski definition) is 3. The number of amides is 1. The lowest BCUT2D eigenvalue weighted by Gasteiger charge is -2.35. The molecule has 1 amide bonds. The van der Waals surface area contributed by atoms with E-state index in [9.17, 15) is 15.0 Å². The Labute approximate surface area is 124 Å². The Morgan fingerprint density at radius 3 is 2.81 bits per heavy atom. The van der Waals surface area contributed by atoms with Crippen molar-refractivity contribution in [2.75, 3.05) is 0 Å². The standard InChI is InChI=1S/C17H21NO3/c19-14-11-7-8-17(9-11,15(14)20)18-16(21)13-6-5-10-3-1-2-4-12(10)13/h1-4,11,13-15,19-20H,5-9H2,(H,18,21)/t11?,13?,14-,15-,17?/m0/s1. The van der Waals surface area contributed by atoms with E-state index in [4.69, 9.17) is 0 Å². The van der Waals surface area contributed by atoms with Crippen molar-refractivity contribution in [3.63, 3.8) is 0 Å². The van der Waals surface area contributed by atoms with Crippen LogP contribution in [0.25, 0.3) is 0 Å². The van der Waals surface area contributed by atoms with Gasteiger partial charge in [-0.05, 0) is 49.1 Å². The van der Waals surface area contributed by atoms with Gasteiger partial charge in [-0.25, -0.2) is 0 Å². The van der Waals surface area contributed by atoms with Gasteiger partial charge in [0.15, 0.2) is 0 Å². The van der Waals surface area contributed by atoms with Gasteiger partial charge in [-0.15, -0.1) is 0 Å². The maximum absolute atomic E-state index is 12.7. The van der Waals surface area contributed by atoms with Gasteiger partial charge in [0.1, 0.15) is 6.10 Å². The van der Waals surface area contributed by atoms with Gasteiger partial charge in [0.2, 0.25) is 5.91 Å². The molecule has 4 heteroatoms. The molecule has 4 nitrogen and oxygen atoms in total. The minimum atomic E-state index is -0.822. The van der Waals surface area contributed by atoms with Gasteiger partial charge in [-0.2, -0.15) is 0 Å². The zero-order chi connectivity index (χ0) is 14.6. The molecule has 0 aromatic heterocycles. The van der Waals surface area contributed by atoms with E-state index in [1.54, 1.807) is 0 Å². The molecule has 1 aromatic rings. The van der Waals surface area contributed by atoms with Crippen LogP contribution in [0.2, 0.25) is 0 Å². The lowest BCUT2D eigenvalue weighted by atomic mass is 9.88. The van der Waals surface area contributed by atoms with Crippen molar-refractivity contribution in [1.29, 1.82) is 0 Å². The number of fused-ring (bicyclic) bond motifs is 3. The zero-order valence-electron chi connectivity index (χ0n) is 12.0. The number of hydrogen-bond acceptors (Lipinski definition) is 3. The SMILES string of the molecule is O=C(NC12CCC(C1)[C@H](O)[C@@H]2O)C1CCc2ccccc21. The lowest BCUT2D eigenvalue weighted by molar-refractivity contribution is -0.127. The molecule has 3 aliphatic rings. The summed E-state index contributed by atoms with van der Waals surface area (Å²) in [4.78, 5) is 12.7. The van der Waals surface area contributed by atoms with Crippen molar-refractivity contribution in [3.05, 3.63) is 35.4 Å². The Hall–Kier alpha value is -1.39. The van der Waals surface area contributed by atoms with Crippen LogP contribution >= 0.6 is 0 Å². The fraction of sp³-hybridized carbons (Fsp3) is 0.588. The van der Waals surface area contributed by atoms with Crippen LogP contribution in [-0.4, -0.2) is 33.9 Å². The van der Waals surface area contributed by atoms with Crippen LogP contribution in [0.5, 0.6) is 0 Å². The van der Waals surface area contributed by atoms with Crippen LogP contribution < -0.4 is 5.32 Å². The van der Waals surface area contributed by atoms with Gasteiger partial charge in [0.25, 0.3) is 0 Å². The summed E-state index contributed by atoms with van der Waals surface area (Å²) in [6.45, 7) is 0. The van der Waals surface area contributed by atoms with Crippen molar-refractivity contribution in [1.82, 2.24) is 5.32 Å². The molecule has 0 radical (unpaired) electrons. The van der Waals surface area contributed by atoms with Crippen molar-refractivity contribution < 1.29 is 15.0 Å². The molecule has 1 aromatic carbocycles. The van der Waals surface area contributed by atoms with Crippen LogP contribution in [0, 0.1) is 5.92 Å². The lowest BCUT2D eigenvalue weighted by Crippen LogP contribution is -2.57. The fourth-order valence-corrected chi connectivity index (χ4v) is 4.61. The third-order valence-electron chi connectivity index (χ3n) is 5.78. The van der Waals surface area contributed by atoms with E-state index in [-0.39, 0.29) is 17.7 Å². The smallest absolute Gasteiger partial charge is 0.228 e. The predicted octanol–water partition coefficient (Wildman–Crippen LogP) is 1.11. The summed E-state index contributed by atoms with van der Waals surface area (Å²) in [6, 6.07) is 8.10. The number of aliphatic hydroxyl groups is 2. The first kappa shape index (κ1) is 13.3. The number of carbonyl (C=O) groups excluding carboxylic acids is 1. The van der Waals surface area contributed by atoms with E-state index >= 15 is 0 Å². The van der Waals surface area contributed by atoms with Crippen molar-refractivity contribution in [2.45, 2.75) is 55.8 Å². The number of aliphatic hydroxyl groups excluding tert-OH is 2.